The number of alkyl carbamates (subject to hydrolysis) is 1. The van der Waals surface area contributed by atoms with Gasteiger partial charge in [0.15, 0.2) is 0 Å². The van der Waals surface area contributed by atoms with Crippen molar-refractivity contribution in [2.75, 3.05) is 0 Å². The molecule has 6 heteroatoms. The van der Waals surface area contributed by atoms with Gasteiger partial charge in [0.05, 0.1) is 25.1 Å². The van der Waals surface area contributed by atoms with Crippen molar-refractivity contribution in [3.05, 3.63) is 40.1 Å². The monoisotopic (exact) mass is 307 g/mol. The molecule has 0 aliphatic rings. The van der Waals surface area contributed by atoms with Gasteiger partial charge in [-0.15, -0.1) is 11.3 Å². The molecule has 1 N–H and O–H groups in total. The van der Waals surface area contributed by atoms with Crippen LogP contribution in [0.1, 0.15) is 36.9 Å². The molecule has 114 valence electrons. The lowest BCUT2D eigenvalue weighted by Gasteiger charge is -2.19. The fourth-order valence-corrected chi connectivity index (χ4v) is 2.74. The summed E-state index contributed by atoms with van der Waals surface area (Å²) in [7, 11) is 0. The SMILES string of the molecule is Cc1ccsc1Cn1cncc1CNC(=O)OC(C)(C)C. The van der Waals surface area contributed by atoms with Gasteiger partial charge in [0.25, 0.3) is 0 Å². The van der Waals surface area contributed by atoms with Crippen molar-refractivity contribution in [1.29, 1.82) is 0 Å². The first-order chi connectivity index (χ1) is 9.85. The summed E-state index contributed by atoms with van der Waals surface area (Å²) in [6.45, 7) is 8.80. The highest BCUT2D eigenvalue weighted by Crippen LogP contribution is 2.17. The molecule has 1 amide bonds. The van der Waals surface area contributed by atoms with Crippen molar-refractivity contribution < 1.29 is 9.53 Å². The Morgan fingerprint density at radius 2 is 2.24 bits per heavy atom. The molecular formula is C15H21N3O2S. The van der Waals surface area contributed by atoms with E-state index in [0.29, 0.717) is 6.54 Å². The third kappa shape index (κ3) is 4.60. The molecule has 0 atom stereocenters. The van der Waals surface area contributed by atoms with E-state index in [1.807, 2.05) is 25.3 Å². The minimum atomic E-state index is -0.488. The summed E-state index contributed by atoms with van der Waals surface area (Å²) in [5.74, 6) is 0. The third-order valence-electron chi connectivity index (χ3n) is 2.89. The maximum Gasteiger partial charge on any atom is 0.407 e. The fraction of sp³-hybridized carbons (Fsp3) is 0.467. The van der Waals surface area contributed by atoms with Gasteiger partial charge < -0.3 is 14.6 Å². The van der Waals surface area contributed by atoms with Gasteiger partial charge in [0.2, 0.25) is 0 Å². The first-order valence-electron chi connectivity index (χ1n) is 6.84. The molecule has 0 aliphatic heterocycles. The van der Waals surface area contributed by atoms with Crippen LogP contribution in [0.5, 0.6) is 0 Å². The number of nitrogens with zero attached hydrogens (tertiary/aromatic N) is 2. The van der Waals surface area contributed by atoms with Gasteiger partial charge in [-0.05, 0) is 44.7 Å². The van der Waals surface area contributed by atoms with Gasteiger partial charge in [-0.3, -0.25) is 0 Å². The number of amides is 1. The number of ether oxygens (including phenoxy) is 1. The van der Waals surface area contributed by atoms with E-state index in [0.717, 1.165) is 12.2 Å². The lowest BCUT2D eigenvalue weighted by Crippen LogP contribution is -2.32. The number of thiophene rings is 1. The molecule has 0 bridgehead atoms. The largest absolute Gasteiger partial charge is 0.444 e. The van der Waals surface area contributed by atoms with Crippen molar-refractivity contribution in [2.24, 2.45) is 0 Å². The standard InChI is InChI=1S/C15H21N3O2S/c1-11-5-6-21-13(11)9-18-10-16-7-12(18)8-17-14(19)20-15(2,3)4/h5-7,10H,8-9H2,1-4H3,(H,17,19). The number of aromatic nitrogens is 2. The number of hydrogen-bond donors (Lipinski definition) is 1. The van der Waals surface area contributed by atoms with E-state index in [1.165, 1.54) is 10.4 Å². The third-order valence-corrected chi connectivity index (χ3v) is 3.90. The zero-order chi connectivity index (χ0) is 15.5. The normalized spacial score (nSPS) is 11.4. The lowest BCUT2D eigenvalue weighted by atomic mass is 10.2. The summed E-state index contributed by atoms with van der Waals surface area (Å²) in [4.78, 5) is 17.1. The van der Waals surface area contributed by atoms with Gasteiger partial charge in [-0.25, -0.2) is 9.78 Å². The Bertz CT molecular complexity index is 610. The van der Waals surface area contributed by atoms with Crippen LogP contribution in [-0.4, -0.2) is 21.2 Å². The van der Waals surface area contributed by atoms with Crippen molar-refractivity contribution in [3.63, 3.8) is 0 Å². The van der Waals surface area contributed by atoms with Gasteiger partial charge in [0, 0.05) is 11.1 Å². The Balaban J connectivity index is 1.95. The average Bonchev–Trinajstić information content (AvgIpc) is 2.95. The van der Waals surface area contributed by atoms with Gasteiger partial charge in [-0.1, -0.05) is 0 Å². The van der Waals surface area contributed by atoms with Gasteiger partial charge in [-0.2, -0.15) is 0 Å². The molecule has 21 heavy (non-hydrogen) atoms. The molecule has 0 aromatic carbocycles. The average molecular weight is 307 g/mol. The minimum Gasteiger partial charge on any atom is -0.444 e. The van der Waals surface area contributed by atoms with E-state index in [2.05, 4.69) is 28.7 Å². The molecule has 0 aliphatic carbocycles. The van der Waals surface area contributed by atoms with Crippen LogP contribution >= 0.6 is 11.3 Å². The van der Waals surface area contributed by atoms with Crippen LogP contribution < -0.4 is 5.32 Å². The Kier molecular flexibility index (Phi) is 4.67. The molecule has 0 spiro atoms. The Labute approximate surface area is 129 Å². The highest BCUT2D eigenvalue weighted by atomic mass is 32.1. The van der Waals surface area contributed by atoms with Crippen LogP contribution in [0.25, 0.3) is 0 Å². The molecule has 2 aromatic rings. The van der Waals surface area contributed by atoms with Crippen LogP contribution in [0.2, 0.25) is 0 Å². The van der Waals surface area contributed by atoms with E-state index >= 15 is 0 Å². The second-order valence-corrected chi connectivity index (χ2v) is 6.90. The predicted octanol–water partition coefficient (Wildman–Crippen LogP) is 3.33. The first-order valence-corrected chi connectivity index (χ1v) is 7.72. The van der Waals surface area contributed by atoms with Crippen LogP contribution in [0.4, 0.5) is 4.79 Å². The second kappa shape index (κ2) is 6.30. The zero-order valence-corrected chi connectivity index (χ0v) is 13.7. The van der Waals surface area contributed by atoms with Crippen molar-refractivity contribution in [2.45, 2.75) is 46.4 Å². The Morgan fingerprint density at radius 3 is 2.86 bits per heavy atom. The number of aryl methyl sites for hydroxylation is 1. The Hall–Kier alpha value is -1.82. The zero-order valence-electron chi connectivity index (χ0n) is 12.8. The number of hydrogen-bond acceptors (Lipinski definition) is 4. The van der Waals surface area contributed by atoms with Crippen LogP contribution in [0.3, 0.4) is 0 Å². The van der Waals surface area contributed by atoms with Gasteiger partial charge >= 0.3 is 6.09 Å². The van der Waals surface area contributed by atoms with Crippen molar-refractivity contribution in [1.82, 2.24) is 14.9 Å². The summed E-state index contributed by atoms with van der Waals surface area (Å²) in [6.07, 6.45) is 3.13. The number of carbonyl (C=O) groups is 1. The maximum absolute atomic E-state index is 11.7. The molecule has 2 rings (SSSR count). The maximum atomic E-state index is 11.7. The molecule has 2 aromatic heterocycles. The second-order valence-electron chi connectivity index (χ2n) is 5.90. The number of carbonyl (C=O) groups excluding carboxylic acids is 1. The first kappa shape index (κ1) is 15.6. The topological polar surface area (TPSA) is 56.2 Å². The van der Waals surface area contributed by atoms with Crippen LogP contribution in [0, 0.1) is 6.92 Å². The number of rotatable bonds is 4. The minimum absolute atomic E-state index is 0.402. The van der Waals surface area contributed by atoms with E-state index in [9.17, 15) is 4.79 Å². The summed E-state index contributed by atoms with van der Waals surface area (Å²) in [5.41, 5.74) is 1.74. The molecule has 2 heterocycles. The van der Waals surface area contributed by atoms with Crippen LogP contribution in [0.15, 0.2) is 24.0 Å². The summed E-state index contributed by atoms with van der Waals surface area (Å²) < 4.78 is 7.26. The molecule has 0 saturated heterocycles. The molecular weight excluding hydrogens is 286 g/mol. The van der Waals surface area contributed by atoms with Crippen molar-refractivity contribution >= 4 is 17.4 Å². The molecule has 0 unspecified atom stereocenters. The summed E-state index contributed by atoms with van der Waals surface area (Å²) in [6, 6.07) is 2.11. The molecule has 0 saturated carbocycles. The van der Waals surface area contributed by atoms with E-state index in [1.54, 1.807) is 23.9 Å². The molecule has 0 fully saturated rings. The summed E-state index contributed by atoms with van der Waals surface area (Å²) >= 11 is 1.73. The van der Waals surface area contributed by atoms with Crippen molar-refractivity contribution in [3.8, 4) is 0 Å². The number of imidazole rings is 1. The van der Waals surface area contributed by atoms with Gasteiger partial charge in [0.1, 0.15) is 5.60 Å². The highest BCUT2D eigenvalue weighted by Gasteiger charge is 2.16. The smallest absolute Gasteiger partial charge is 0.407 e. The highest BCUT2D eigenvalue weighted by molar-refractivity contribution is 7.10. The quantitative estimate of drug-likeness (QED) is 0.942. The fourth-order valence-electron chi connectivity index (χ4n) is 1.84. The lowest BCUT2D eigenvalue weighted by molar-refractivity contribution is 0.0522. The van der Waals surface area contributed by atoms with Crippen LogP contribution in [-0.2, 0) is 17.8 Å². The Morgan fingerprint density at radius 1 is 1.48 bits per heavy atom. The molecule has 0 radical (unpaired) electrons. The summed E-state index contributed by atoms with van der Waals surface area (Å²) in [5, 5.41) is 4.84. The predicted molar refractivity (Wildman–Crippen MR) is 83.5 cm³/mol. The van der Waals surface area contributed by atoms with E-state index < -0.39 is 11.7 Å². The number of nitrogens with one attached hydrogen (secondary N) is 1. The van der Waals surface area contributed by atoms with E-state index in [4.69, 9.17) is 4.74 Å². The van der Waals surface area contributed by atoms with E-state index in [-0.39, 0.29) is 0 Å². The molecule has 5 nitrogen and oxygen atoms in total.